The van der Waals surface area contributed by atoms with Gasteiger partial charge in [-0.25, -0.2) is 13.4 Å². The summed E-state index contributed by atoms with van der Waals surface area (Å²) in [6.45, 7) is 2.79. The number of hydrogen-bond donors (Lipinski definition) is 2. The summed E-state index contributed by atoms with van der Waals surface area (Å²) in [6, 6.07) is 14.3. The molecule has 2 aliphatic heterocycles. The molecule has 1 aromatic heterocycles. The lowest BCUT2D eigenvalue weighted by Crippen LogP contribution is -2.49. The fourth-order valence-electron chi connectivity index (χ4n) is 5.65. The molecule has 3 aromatic rings. The molecular weight excluding hydrogens is 530 g/mol. The number of aromatic nitrogens is 2. The highest BCUT2D eigenvalue weighted by atomic mass is 32.2. The lowest BCUT2D eigenvalue weighted by molar-refractivity contribution is -0.129. The fourth-order valence-corrected chi connectivity index (χ4v) is 7.07. The Kier molecular flexibility index (Phi) is 6.88. The highest BCUT2D eigenvalue weighted by Crippen LogP contribution is 2.41. The number of hydrogen-bond acceptors (Lipinski definition) is 8. The number of nitrogens with one attached hydrogen (secondary N) is 2. The molecule has 0 bridgehead atoms. The first-order valence-corrected chi connectivity index (χ1v) is 14.9. The number of amides is 2. The van der Waals surface area contributed by atoms with Gasteiger partial charge in [-0.15, -0.1) is 0 Å². The predicted octanol–water partition coefficient (Wildman–Crippen LogP) is 3.72. The van der Waals surface area contributed by atoms with Crippen LogP contribution in [0.25, 0.3) is 0 Å². The lowest BCUT2D eigenvalue weighted by Gasteiger charge is -2.33. The van der Waals surface area contributed by atoms with Crippen LogP contribution in [0.4, 0.5) is 28.8 Å². The monoisotopic (exact) mass is 561 g/mol. The summed E-state index contributed by atoms with van der Waals surface area (Å²) < 4.78 is 27.7. The average molecular weight is 562 g/mol. The van der Waals surface area contributed by atoms with Gasteiger partial charge in [-0.2, -0.15) is 9.29 Å². The molecule has 3 heterocycles. The molecule has 208 valence electrons. The third kappa shape index (κ3) is 4.88. The van der Waals surface area contributed by atoms with E-state index in [1.165, 1.54) is 11.2 Å². The van der Waals surface area contributed by atoms with Gasteiger partial charge in [0.05, 0.1) is 22.3 Å². The number of para-hydroxylation sites is 1. The average Bonchev–Trinajstić information content (AvgIpc) is 3.46. The van der Waals surface area contributed by atoms with Crippen molar-refractivity contribution in [2.45, 2.75) is 43.5 Å². The van der Waals surface area contributed by atoms with Gasteiger partial charge in [0.15, 0.2) is 5.82 Å². The van der Waals surface area contributed by atoms with Crippen LogP contribution in [0.15, 0.2) is 59.6 Å². The molecule has 0 spiro atoms. The number of piperazine rings is 1. The van der Waals surface area contributed by atoms with Crippen LogP contribution in [0.1, 0.15) is 43.0 Å². The zero-order valence-corrected chi connectivity index (χ0v) is 23.0. The van der Waals surface area contributed by atoms with Crippen LogP contribution in [-0.4, -0.2) is 71.6 Å². The third-order valence-electron chi connectivity index (χ3n) is 7.78. The van der Waals surface area contributed by atoms with Gasteiger partial charge in [-0.05, 0) is 49.2 Å². The Balaban J connectivity index is 1.25. The fraction of sp³-hybridized carbons (Fsp3) is 0.357. The van der Waals surface area contributed by atoms with E-state index in [-0.39, 0.29) is 35.8 Å². The molecule has 2 fully saturated rings. The van der Waals surface area contributed by atoms with Gasteiger partial charge in [0.1, 0.15) is 5.69 Å². The first-order chi connectivity index (χ1) is 19.3. The van der Waals surface area contributed by atoms with Gasteiger partial charge in [-0.3, -0.25) is 9.59 Å². The lowest BCUT2D eigenvalue weighted by atomic mass is 10.1. The van der Waals surface area contributed by atoms with Crippen molar-refractivity contribution in [3.8, 4) is 0 Å². The second kappa shape index (κ2) is 10.5. The van der Waals surface area contributed by atoms with Gasteiger partial charge in [0, 0.05) is 44.8 Å². The second-order valence-corrected chi connectivity index (χ2v) is 12.2. The van der Waals surface area contributed by atoms with Crippen LogP contribution in [0.5, 0.6) is 0 Å². The number of anilines is 5. The van der Waals surface area contributed by atoms with Gasteiger partial charge >= 0.3 is 0 Å². The van der Waals surface area contributed by atoms with Crippen molar-refractivity contribution in [3.63, 3.8) is 0 Å². The van der Waals surface area contributed by atoms with Crippen molar-refractivity contribution in [3.05, 3.63) is 60.3 Å². The number of carbonyl (C=O) groups excluding carboxylic acids is 2. The Hall–Kier alpha value is -4.03. The molecule has 2 amide bonds. The normalized spacial score (nSPS) is 18.1. The molecule has 1 saturated heterocycles. The maximum atomic E-state index is 13.2. The van der Waals surface area contributed by atoms with E-state index < -0.39 is 10.0 Å². The minimum Gasteiger partial charge on any atom is -0.340 e. The van der Waals surface area contributed by atoms with Crippen molar-refractivity contribution in [2.75, 3.05) is 41.7 Å². The Morgan fingerprint density at radius 2 is 1.70 bits per heavy atom. The van der Waals surface area contributed by atoms with E-state index in [0.29, 0.717) is 41.8 Å². The van der Waals surface area contributed by atoms with Crippen molar-refractivity contribution >= 4 is 50.7 Å². The summed E-state index contributed by atoms with van der Waals surface area (Å²) in [6.07, 6.45) is 5.87. The topological polar surface area (TPSA) is 128 Å². The summed E-state index contributed by atoms with van der Waals surface area (Å²) in [7, 11) is -3.68. The number of nitrogens with zero attached hydrogens (tertiary/aromatic N) is 5. The SMILES string of the molecule is CC(=O)N1CCN(S(=O)(=O)c2ccc(Nc3ncc4c(n3)N(C3CCCC3)c3ccccc3C(=O)N4)cc2)CC1. The number of sulfonamides is 1. The minimum absolute atomic E-state index is 0.0505. The van der Waals surface area contributed by atoms with E-state index in [2.05, 4.69) is 20.5 Å². The minimum atomic E-state index is -3.68. The van der Waals surface area contributed by atoms with E-state index in [1.54, 1.807) is 35.4 Å². The Morgan fingerprint density at radius 3 is 2.40 bits per heavy atom. The van der Waals surface area contributed by atoms with Gasteiger partial charge in [0.2, 0.25) is 21.9 Å². The molecule has 2 N–H and O–H groups in total. The van der Waals surface area contributed by atoms with Gasteiger partial charge in [-0.1, -0.05) is 25.0 Å². The highest BCUT2D eigenvalue weighted by molar-refractivity contribution is 7.89. The molecule has 6 rings (SSSR count). The summed E-state index contributed by atoms with van der Waals surface area (Å²) in [4.78, 5) is 37.8. The summed E-state index contributed by atoms with van der Waals surface area (Å²) >= 11 is 0. The van der Waals surface area contributed by atoms with Crippen molar-refractivity contribution < 1.29 is 18.0 Å². The summed E-state index contributed by atoms with van der Waals surface area (Å²) in [5.74, 6) is 0.726. The van der Waals surface area contributed by atoms with E-state index >= 15 is 0 Å². The molecule has 2 aromatic carbocycles. The van der Waals surface area contributed by atoms with Crippen LogP contribution >= 0.6 is 0 Å². The van der Waals surface area contributed by atoms with Crippen LogP contribution in [-0.2, 0) is 14.8 Å². The standard InChI is InChI=1S/C28H31N7O4S/c1-19(36)33-14-16-34(17-15-33)40(38,39)22-12-10-20(11-13-22)30-28-29-18-24-26(32-28)35(21-6-2-3-7-21)25-9-5-4-8-23(25)27(37)31-24/h4-5,8-13,18,21H,2-3,6-7,14-17H2,1H3,(H,31,37)(H,29,30,32). The zero-order chi connectivity index (χ0) is 27.9. The molecule has 3 aliphatic rings. The second-order valence-electron chi connectivity index (χ2n) is 10.3. The molecule has 12 heteroatoms. The Bertz CT molecular complexity index is 1550. The molecule has 1 saturated carbocycles. The Labute approximate surface area is 233 Å². The predicted molar refractivity (Wildman–Crippen MR) is 152 cm³/mol. The van der Waals surface area contributed by atoms with E-state index in [1.807, 2.05) is 24.3 Å². The third-order valence-corrected chi connectivity index (χ3v) is 9.69. The van der Waals surface area contributed by atoms with Crippen molar-refractivity contribution in [2.24, 2.45) is 0 Å². The molecular formula is C28H31N7O4S. The van der Waals surface area contributed by atoms with E-state index in [4.69, 9.17) is 4.98 Å². The summed E-state index contributed by atoms with van der Waals surface area (Å²) in [5, 5.41) is 6.14. The number of rotatable bonds is 5. The Morgan fingerprint density at radius 1 is 1.00 bits per heavy atom. The summed E-state index contributed by atoms with van der Waals surface area (Å²) in [5.41, 5.74) is 2.60. The molecule has 40 heavy (non-hydrogen) atoms. The molecule has 0 unspecified atom stereocenters. The van der Waals surface area contributed by atoms with Crippen LogP contribution in [0.3, 0.4) is 0 Å². The van der Waals surface area contributed by atoms with E-state index in [0.717, 1.165) is 31.4 Å². The van der Waals surface area contributed by atoms with Crippen LogP contribution in [0.2, 0.25) is 0 Å². The number of fused-ring (bicyclic) bond motifs is 2. The number of carbonyl (C=O) groups is 2. The maximum absolute atomic E-state index is 13.2. The highest BCUT2D eigenvalue weighted by Gasteiger charge is 2.33. The van der Waals surface area contributed by atoms with Crippen molar-refractivity contribution in [1.29, 1.82) is 0 Å². The zero-order valence-electron chi connectivity index (χ0n) is 22.2. The number of benzene rings is 2. The maximum Gasteiger partial charge on any atom is 0.257 e. The molecule has 0 atom stereocenters. The quantitative estimate of drug-likeness (QED) is 0.483. The van der Waals surface area contributed by atoms with E-state index in [9.17, 15) is 18.0 Å². The van der Waals surface area contributed by atoms with Gasteiger partial charge in [0.25, 0.3) is 5.91 Å². The van der Waals surface area contributed by atoms with Crippen LogP contribution in [0, 0.1) is 0 Å². The molecule has 11 nitrogen and oxygen atoms in total. The molecule has 0 radical (unpaired) electrons. The first-order valence-electron chi connectivity index (χ1n) is 13.5. The smallest absolute Gasteiger partial charge is 0.257 e. The van der Waals surface area contributed by atoms with Crippen LogP contribution < -0.4 is 15.5 Å². The van der Waals surface area contributed by atoms with Crippen molar-refractivity contribution in [1.82, 2.24) is 19.2 Å². The molecule has 1 aliphatic carbocycles. The van der Waals surface area contributed by atoms with Gasteiger partial charge < -0.3 is 20.4 Å². The first kappa shape index (κ1) is 26.2. The largest absolute Gasteiger partial charge is 0.340 e.